The maximum absolute atomic E-state index is 12.8. The summed E-state index contributed by atoms with van der Waals surface area (Å²) in [6, 6.07) is 0. The third-order valence-electron chi connectivity index (χ3n) is 5.56. The Balaban J connectivity index is 1.80. The van der Waals surface area contributed by atoms with Crippen LogP contribution in [0.4, 0.5) is 0 Å². The molecule has 2 unspecified atom stereocenters. The molecule has 3 heteroatoms. The first-order chi connectivity index (χ1) is 9.03. The van der Waals surface area contributed by atoms with Gasteiger partial charge in [-0.3, -0.25) is 9.63 Å². The number of hydrogen-bond donors (Lipinski definition) is 1. The van der Waals surface area contributed by atoms with E-state index in [1.165, 1.54) is 19.3 Å². The molecule has 4 fully saturated rings. The number of carbonyl (C=O) groups is 1. The lowest BCUT2D eigenvalue weighted by Gasteiger charge is -2.64. The SMILES string of the molecule is CC12CC3CC(C)(C1)CC(C(=O)NOC(C)(C)C)(C3)C2. The van der Waals surface area contributed by atoms with Gasteiger partial charge in [-0.05, 0) is 76.0 Å². The minimum atomic E-state index is -0.328. The molecule has 4 saturated carbocycles. The van der Waals surface area contributed by atoms with Gasteiger partial charge in [0.25, 0.3) is 0 Å². The highest BCUT2D eigenvalue weighted by molar-refractivity contribution is 5.82. The summed E-state index contributed by atoms with van der Waals surface area (Å²) in [5.74, 6) is 0.871. The van der Waals surface area contributed by atoms with Gasteiger partial charge in [-0.25, -0.2) is 5.48 Å². The summed E-state index contributed by atoms with van der Waals surface area (Å²) < 4.78 is 0. The van der Waals surface area contributed by atoms with E-state index in [0.29, 0.717) is 10.8 Å². The van der Waals surface area contributed by atoms with Crippen molar-refractivity contribution < 1.29 is 9.63 Å². The molecule has 0 aliphatic heterocycles. The smallest absolute Gasteiger partial charge is 0.249 e. The first kappa shape index (κ1) is 14.4. The van der Waals surface area contributed by atoms with Crippen molar-refractivity contribution in [3.8, 4) is 0 Å². The number of rotatable bonds is 2. The summed E-state index contributed by atoms with van der Waals surface area (Å²) in [6.07, 6.45) is 7.09. The predicted molar refractivity (Wildman–Crippen MR) is 78.8 cm³/mol. The molecule has 0 heterocycles. The van der Waals surface area contributed by atoms with Gasteiger partial charge >= 0.3 is 0 Å². The van der Waals surface area contributed by atoms with Crippen LogP contribution in [-0.4, -0.2) is 11.5 Å². The third-order valence-corrected chi connectivity index (χ3v) is 5.56. The second kappa shape index (κ2) is 4.00. The Hall–Kier alpha value is -0.570. The summed E-state index contributed by atoms with van der Waals surface area (Å²) in [6.45, 7) is 10.7. The fraction of sp³-hybridized carbons (Fsp3) is 0.941. The van der Waals surface area contributed by atoms with Crippen LogP contribution in [0.15, 0.2) is 0 Å². The van der Waals surface area contributed by atoms with Crippen LogP contribution in [0.25, 0.3) is 0 Å². The molecular formula is C17H29NO2. The van der Waals surface area contributed by atoms with E-state index in [1.807, 2.05) is 20.8 Å². The highest BCUT2D eigenvalue weighted by Crippen LogP contribution is 2.69. The number of nitrogens with one attached hydrogen (secondary N) is 1. The summed E-state index contributed by atoms with van der Waals surface area (Å²) >= 11 is 0. The van der Waals surface area contributed by atoms with Crippen LogP contribution < -0.4 is 5.48 Å². The third kappa shape index (κ3) is 2.38. The van der Waals surface area contributed by atoms with E-state index in [1.54, 1.807) is 0 Å². The molecule has 0 aromatic rings. The number of hydrogen-bond acceptors (Lipinski definition) is 2. The maximum atomic E-state index is 12.8. The Morgan fingerprint density at radius 3 is 2.05 bits per heavy atom. The second-order valence-corrected chi connectivity index (χ2v) is 9.56. The van der Waals surface area contributed by atoms with E-state index in [-0.39, 0.29) is 16.9 Å². The molecule has 4 aliphatic rings. The number of hydroxylamine groups is 1. The topological polar surface area (TPSA) is 38.3 Å². The standard InChI is InChI=1S/C17H29NO2/c1-14(2,3)20-18-13(19)17-8-12-6-15(4,10-17)9-16(5,7-12)11-17/h12H,6-11H2,1-5H3,(H,18,19). The Morgan fingerprint density at radius 2 is 1.60 bits per heavy atom. The zero-order valence-electron chi connectivity index (χ0n) is 13.6. The van der Waals surface area contributed by atoms with E-state index < -0.39 is 0 Å². The van der Waals surface area contributed by atoms with Crippen LogP contribution in [0.1, 0.15) is 73.1 Å². The number of amides is 1. The molecule has 0 radical (unpaired) electrons. The fourth-order valence-corrected chi connectivity index (χ4v) is 6.01. The minimum absolute atomic E-state index is 0.133. The molecular weight excluding hydrogens is 250 g/mol. The summed E-state index contributed by atoms with van der Waals surface area (Å²) in [5.41, 5.74) is 3.01. The normalized spacial score (nSPS) is 46.5. The van der Waals surface area contributed by atoms with Gasteiger partial charge in [0, 0.05) is 0 Å². The van der Waals surface area contributed by atoms with Gasteiger partial charge < -0.3 is 0 Å². The average Bonchev–Trinajstić information content (AvgIpc) is 2.19. The molecule has 2 atom stereocenters. The highest BCUT2D eigenvalue weighted by atomic mass is 16.7. The lowest BCUT2D eigenvalue weighted by atomic mass is 9.40. The van der Waals surface area contributed by atoms with Gasteiger partial charge in [-0.15, -0.1) is 0 Å². The molecule has 0 aromatic heterocycles. The average molecular weight is 279 g/mol. The molecule has 20 heavy (non-hydrogen) atoms. The largest absolute Gasteiger partial charge is 0.272 e. The summed E-state index contributed by atoms with van der Waals surface area (Å²) in [4.78, 5) is 18.3. The van der Waals surface area contributed by atoms with E-state index in [4.69, 9.17) is 4.84 Å². The van der Waals surface area contributed by atoms with Crippen molar-refractivity contribution in [2.24, 2.45) is 22.2 Å². The Kier molecular flexibility index (Phi) is 2.87. The van der Waals surface area contributed by atoms with Gasteiger partial charge in [0.2, 0.25) is 5.91 Å². The molecule has 0 saturated heterocycles. The summed E-state index contributed by atoms with van der Waals surface area (Å²) in [7, 11) is 0. The van der Waals surface area contributed by atoms with Gasteiger partial charge in [0.05, 0.1) is 11.0 Å². The molecule has 1 amide bonds. The number of carbonyl (C=O) groups excluding carboxylic acids is 1. The van der Waals surface area contributed by atoms with Crippen LogP contribution in [0.5, 0.6) is 0 Å². The van der Waals surface area contributed by atoms with Crippen LogP contribution in [0.2, 0.25) is 0 Å². The van der Waals surface area contributed by atoms with Crippen molar-refractivity contribution in [3.63, 3.8) is 0 Å². The van der Waals surface area contributed by atoms with Crippen molar-refractivity contribution in [2.75, 3.05) is 0 Å². The van der Waals surface area contributed by atoms with Crippen LogP contribution >= 0.6 is 0 Å². The first-order valence-corrected chi connectivity index (χ1v) is 8.02. The lowest BCUT2D eigenvalue weighted by molar-refractivity contribution is -0.187. The monoisotopic (exact) mass is 279 g/mol. The first-order valence-electron chi connectivity index (χ1n) is 8.02. The van der Waals surface area contributed by atoms with Crippen LogP contribution in [-0.2, 0) is 9.63 Å². The quantitative estimate of drug-likeness (QED) is 0.780. The van der Waals surface area contributed by atoms with Crippen molar-refractivity contribution in [1.29, 1.82) is 0 Å². The van der Waals surface area contributed by atoms with E-state index in [2.05, 4.69) is 19.3 Å². The van der Waals surface area contributed by atoms with Crippen molar-refractivity contribution in [1.82, 2.24) is 5.48 Å². The molecule has 1 N–H and O–H groups in total. The predicted octanol–water partition coefficient (Wildman–Crippen LogP) is 3.83. The molecule has 114 valence electrons. The molecule has 3 nitrogen and oxygen atoms in total. The molecule has 0 spiro atoms. The molecule has 0 aromatic carbocycles. The van der Waals surface area contributed by atoms with Crippen LogP contribution in [0.3, 0.4) is 0 Å². The van der Waals surface area contributed by atoms with Gasteiger partial charge in [-0.1, -0.05) is 13.8 Å². The van der Waals surface area contributed by atoms with E-state index in [9.17, 15) is 4.79 Å². The van der Waals surface area contributed by atoms with Gasteiger partial charge in [0.1, 0.15) is 0 Å². The van der Waals surface area contributed by atoms with E-state index in [0.717, 1.165) is 25.2 Å². The highest BCUT2D eigenvalue weighted by Gasteiger charge is 2.62. The van der Waals surface area contributed by atoms with Gasteiger partial charge in [0.15, 0.2) is 0 Å². The second-order valence-electron chi connectivity index (χ2n) is 9.56. The molecule has 4 rings (SSSR count). The van der Waals surface area contributed by atoms with Crippen LogP contribution in [0, 0.1) is 22.2 Å². The minimum Gasteiger partial charge on any atom is -0.272 e. The van der Waals surface area contributed by atoms with Crippen molar-refractivity contribution in [2.45, 2.75) is 78.7 Å². The maximum Gasteiger partial charge on any atom is 0.249 e. The molecule has 4 bridgehead atoms. The Morgan fingerprint density at radius 1 is 1.05 bits per heavy atom. The zero-order chi connectivity index (χ0) is 14.8. The Bertz CT molecular complexity index is 419. The van der Waals surface area contributed by atoms with E-state index >= 15 is 0 Å². The molecule has 4 aliphatic carbocycles. The fourth-order valence-electron chi connectivity index (χ4n) is 6.01. The van der Waals surface area contributed by atoms with Crippen molar-refractivity contribution in [3.05, 3.63) is 0 Å². The van der Waals surface area contributed by atoms with Crippen molar-refractivity contribution >= 4 is 5.91 Å². The zero-order valence-corrected chi connectivity index (χ0v) is 13.6. The Labute approximate surface area is 122 Å². The lowest BCUT2D eigenvalue weighted by Crippen LogP contribution is -2.60. The summed E-state index contributed by atoms with van der Waals surface area (Å²) in [5, 5.41) is 0. The van der Waals surface area contributed by atoms with Gasteiger partial charge in [-0.2, -0.15) is 0 Å².